The first-order chi connectivity index (χ1) is 7.63. The van der Waals surface area contributed by atoms with Crippen LogP contribution in [-0.2, 0) is 11.2 Å². The summed E-state index contributed by atoms with van der Waals surface area (Å²) in [5, 5.41) is 8.80. The van der Waals surface area contributed by atoms with Crippen LogP contribution in [0, 0.1) is 0 Å². The molecule has 88 valence electrons. The van der Waals surface area contributed by atoms with Gasteiger partial charge >= 0.3 is 5.97 Å². The van der Waals surface area contributed by atoms with Gasteiger partial charge in [0.15, 0.2) is 11.5 Å². The third-order valence-electron chi connectivity index (χ3n) is 2.13. The van der Waals surface area contributed by atoms with Crippen LogP contribution in [0.2, 0.25) is 0 Å². The molecule has 0 radical (unpaired) electrons. The molecule has 0 aliphatic heterocycles. The van der Waals surface area contributed by atoms with Crippen molar-refractivity contribution in [2.45, 2.75) is 11.3 Å². The standard InChI is InChI=1S/C11H14O4S/c1-14-8-5-4-7(6-9(12)13)11(16-3)10(8)15-2/h4-5H,6H2,1-3H3,(H,12,13). The van der Waals surface area contributed by atoms with E-state index in [-0.39, 0.29) is 6.42 Å². The van der Waals surface area contributed by atoms with Crippen LogP contribution in [0.5, 0.6) is 11.5 Å². The van der Waals surface area contributed by atoms with E-state index in [0.717, 1.165) is 10.5 Å². The zero-order valence-electron chi connectivity index (χ0n) is 9.44. The van der Waals surface area contributed by atoms with Crippen LogP contribution >= 0.6 is 11.8 Å². The van der Waals surface area contributed by atoms with Gasteiger partial charge in [0, 0.05) is 0 Å². The average molecular weight is 242 g/mol. The molecule has 0 saturated heterocycles. The molecule has 1 rings (SSSR count). The van der Waals surface area contributed by atoms with Gasteiger partial charge in [-0.3, -0.25) is 4.79 Å². The highest BCUT2D eigenvalue weighted by atomic mass is 32.2. The molecule has 0 spiro atoms. The number of benzene rings is 1. The molecule has 1 N–H and O–H groups in total. The molecule has 1 aromatic rings. The summed E-state index contributed by atoms with van der Waals surface area (Å²) >= 11 is 1.45. The lowest BCUT2D eigenvalue weighted by Gasteiger charge is -2.14. The number of hydrogen-bond donors (Lipinski definition) is 1. The highest BCUT2D eigenvalue weighted by Crippen LogP contribution is 2.39. The Kier molecular flexibility index (Phi) is 4.49. The molecule has 0 aliphatic rings. The number of carboxylic acid groups (broad SMARTS) is 1. The van der Waals surface area contributed by atoms with Crippen molar-refractivity contribution in [3.63, 3.8) is 0 Å². The van der Waals surface area contributed by atoms with E-state index in [1.54, 1.807) is 26.4 Å². The van der Waals surface area contributed by atoms with E-state index in [2.05, 4.69) is 0 Å². The van der Waals surface area contributed by atoms with Crippen LogP contribution in [0.3, 0.4) is 0 Å². The van der Waals surface area contributed by atoms with E-state index in [4.69, 9.17) is 14.6 Å². The first-order valence-corrected chi connectivity index (χ1v) is 5.86. The average Bonchev–Trinajstić information content (AvgIpc) is 2.27. The summed E-state index contributed by atoms with van der Waals surface area (Å²) in [6, 6.07) is 3.47. The molecule has 0 aromatic heterocycles. The predicted molar refractivity (Wildman–Crippen MR) is 62.7 cm³/mol. The fourth-order valence-corrected chi connectivity index (χ4v) is 2.24. The molecule has 0 heterocycles. The highest BCUT2D eigenvalue weighted by molar-refractivity contribution is 7.98. The Morgan fingerprint density at radius 1 is 1.38 bits per heavy atom. The summed E-state index contributed by atoms with van der Waals surface area (Å²) in [4.78, 5) is 11.5. The number of methoxy groups -OCH3 is 2. The van der Waals surface area contributed by atoms with E-state index < -0.39 is 5.97 Å². The second kappa shape index (κ2) is 5.65. The smallest absolute Gasteiger partial charge is 0.307 e. The largest absolute Gasteiger partial charge is 0.493 e. The van der Waals surface area contributed by atoms with Crippen LogP contribution in [-0.4, -0.2) is 31.6 Å². The van der Waals surface area contributed by atoms with Gasteiger partial charge in [-0.05, 0) is 17.9 Å². The molecule has 0 atom stereocenters. The second-order valence-corrected chi connectivity index (χ2v) is 3.88. The topological polar surface area (TPSA) is 55.8 Å². The molecular weight excluding hydrogens is 228 g/mol. The van der Waals surface area contributed by atoms with E-state index in [1.807, 2.05) is 6.26 Å². The number of carboxylic acids is 1. The van der Waals surface area contributed by atoms with Gasteiger partial charge in [-0.25, -0.2) is 0 Å². The Hall–Kier alpha value is -1.36. The first kappa shape index (κ1) is 12.7. The summed E-state index contributed by atoms with van der Waals surface area (Å²) in [5.74, 6) is 0.345. The van der Waals surface area contributed by atoms with Crippen LogP contribution in [0.25, 0.3) is 0 Å². The first-order valence-electron chi connectivity index (χ1n) is 4.63. The van der Waals surface area contributed by atoms with E-state index in [9.17, 15) is 4.79 Å². The van der Waals surface area contributed by atoms with Crippen LogP contribution in [0.1, 0.15) is 5.56 Å². The minimum atomic E-state index is -0.859. The van der Waals surface area contributed by atoms with Gasteiger partial charge in [0.25, 0.3) is 0 Å². The van der Waals surface area contributed by atoms with Crippen molar-refractivity contribution in [1.29, 1.82) is 0 Å². The molecule has 0 bridgehead atoms. The van der Waals surface area contributed by atoms with Crippen molar-refractivity contribution >= 4 is 17.7 Å². The van der Waals surface area contributed by atoms with Gasteiger partial charge in [0.2, 0.25) is 0 Å². The van der Waals surface area contributed by atoms with Gasteiger partial charge in [0.1, 0.15) is 0 Å². The summed E-state index contributed by atoms with van der Waals surface area (Å²) in [5.41, 5.74) is 0.734. The lowest BCUT2D eigenvalue weighted by Crippen LogP contribution is -2.03. The molecule has 16 heavy (non-hydrogen) atoms. The summed E-state index contributed by atoms with van der Waals surface area (Å²) in [7, 11) is 3.10. The van der Waals surface area contributed by atoms with Crippen molar-refractivity contribution in [2.75, 3.05) is 20.5 Å². The molecule has 0 fully saturated rings. The molecule has 5 heteroatoms. The number of rotatable bonds is 5. The Morgan fingerprint density at radius 3 is 2.50 bits per heavy atom. The van der Waals surface area contributed by atoms with Crippen molar-refractivity contribution < 1.29 is 19.4 Å². The fourth-order valence-electron chi connectivity index (χ4n) is 1.47. The number of ether oxygens (including phenoxy) is 2. The van der Waals surface area contributed by atoms with E-state index >= 15 is 0 Å². The molecule has 1 aromatic carbocycles. The maximum Gasteiger partial charge on any atom is 0.307 e. The minimum Gasteiger partial charge on any atom is -0.493 e. The quantitative estimate of drug-likeness (QED) is 0.801. The van der Waals surface area contributed by atoms with Gasteiger partial charge in [-0.15, -0.1) is 11.8 Å². The van der Waals surface area contributed by atoms with Crippen LogP contribution < -0.4 is 9.47 Å². The lowest BCUT2D eigenvalue weighted by atomic mass is 10.1. The van der Waals surface area contributed by atoms with Gasteiger partial charge < -0.3 is 14.6 Å². The fraction of sp³-hybridized carbons (Fsp3) is 0.364. The number of carbonyl (C=O) groups is 1. The predicted octanol–water partition coefficient (Wildman–Crippen LogP) is 2.05. The molecule has 4 nitrogen and oxygen atoms in total. The zero-order chi connectivity index (χ0) is 12.1. The molecule has 0 amide bonds. The van der Waals surface area contributed by atoms with Crippen molar-refractivity contribution in [2.24, 2.45) is 0 Å². The summed E-state index contributed by atoms with van der Waals surface area (Å²) in [6.07, 6.45) is 1.86. The Bertz CT molecular complexity index is 390. The minimum absolute atomic E-state index is 0.0173. The number of thioether (sulfide) groups is 1. The third kappa shape index (κ3) is 2.61. The van der Waals surface area contributed by atoms with E-state index in [1.165, 1.54) is 11.8 Å². The highest BCUT2D eigenvalue weighted by Gasteiger charge is 2.15. The monoisotopic (exact) mass is 242 g/mol. The maximum absolute atomic E-state index is 10.7. The lowest BCUT2D eigenvalue weighted by molar-refractivity contribution is -0.136. The van der Waals surface area contributed by atoms with E-state index in [0.29, 0.717) is 11.5 Å². The number of aliphatic carboxylic acids is 1. The Labute approximate surface area is 98.6 Å². The zero-order valence-corrected chi connectivity index (χ0v) is 10.3. The van der Waals surface area contributed by atoms with Gasteiger partial charge in [-0.1, -0.05) is 6.07 Å². The third-order valence-corrected chi connectivity index (χ3v) is 2.98. The Morgan fingerprint density at radius 2 is 2.06 bits per heavy atom. The SMILES string of the molecule is COc1ccc(CC(=O)O)c(SC)c1OC. The normalized spacial score (nSPS) is 9.94. The summed E-state index contributed by atoms with van der Waals surface area (Å²) < 4.78 is 10.4. The van der Waals surface area contributed by atoms with Gasteiger partial charge in [-0.2, -0.15) is 0 Å². The van der Waals surface area contributed by atoms with Gasteiger partial charge in [0.05, 0.1) is 25.5 Å². The van der Waals surface area contributed by atoms with Crippen LogP contribution in [0.15, 0.2) is 17.0 Å². The van der Waals surface area contributed by atoms with Crippen molar-refractivity contribution in [3.8, 4) is 11.5 Å². The van der Waals surface area contributed by atoms with Crippen molar-refractivity contribution in [3.05, 3.63) is 17.7 Å². The molecular formula is C11H14O4S. The number of hydrogen-bond acceptors (Lipinski definition) is 4. The summed E-state index contributed by atoms with van der Waals surface area (Å²) in [6.45, 7) is 0. The molecule has 0 unspecified atom stereocenters. The molecule has 0 aliphatic carbocycles. The van der Waals surface area contributed by atoms with Crippen molar-refractivity contribution in [1.82, 2.24) is 0 Å². The maximum atomic E-state index is 10.7. The second-order valence-electron chi connectivity index (χ2n) is 3.06. The Balaban J connectivity index is 3.25. The van der Waals surface area contributed by atoms with Crippen LogP contribution in [0.4, 0.5) is 0 Å². The molecule has 0 saturated carbocycles.